The summed E-state index contributed by atoms with van der Waals surface area (Å²) < 4.78 is 18.1. The smallest absolute Gasteiger partial charge is 0.346 e. The number of hydrogen-bond acceptors (Lipinski definition) is 4. The summed E-state index contributed by atoms with van der Waals surface area (Å²) in [5.74, 6) is 1.34. The highest BCUT2D eigenvalue weighted by Crippen LogP contribution is 2.36. The predicted molar refractivity (Wildman–Crippen MR) is 102 cm³/mol. The van der Waals surface area contributed by atoms with Gasteiger partial charge < -0.3 is 4.74 Å². The second-order valence-corrected chi connectivity index (χ2v) is 7.11. The first-order valence-corrected chi connectivity index (χ1v) is 9.56. The largest absolute Gasteiger partial charge is 0.423 e. The first-order chi connectivity index (χ1) is 13.2. The van der Waals surface area contributed by atoms with E-state index in [1.54, 1.807) is 0 Å². The van der Waals surface area contributed by atoms with Crippen LogP contribution < -0.4 is 4.74 Å². The van der Waals surface area contributed by atoms with Gasteiger partial charge in [0.15, 0.2) is 0 Å². The lowest BCUT2D eigenvalue weighted by Gasteiger charge is -2.27. The lowest BCUT2D eigenvalue weighted by atomic mass is 9.79. The van der Waals surface area contributed by atoms with E-state index in [2.05, 4.69) is 16.5 Å². The van der Waals surface area contributed by atoms with Gasteiger partial charge >= 0.3 is 5.97 Å². The van der Waals surface area contributed by atoms with Gasteiger partial charge in [0.2, 0.25) is 0 Å². The van der Waals surface area contributed by atoms with Crippen LogP contribution in [-0.4, -0.2) is 15.9 Å². The van der Waals surface area contributed by atoms with E-state index in [4.69, 9.17) is 4.74 Å². The molecule has 4 nitrogen and oxygen atoms in total. The summed E-state index contributed by atoms with van der Waals surface area (Å²) in [6, 6.07) is 5.32. The standard InChI is InChI=1S/C22H25FN2O2/c1-2-3-4-5-16-6-8-17(9-7-16)21-24-14-18(15-25-21)22(26)27-20-12-10-19(23)11-13-20/h2,10-17H,1,3-9H2. The maximum atomic E-state index is 12.9. The predicted octanol–water partition coefficient (Wildman–Crippen LogP) is 5.47. The number of hydrogen-bond donors (Lipinski definition) is 0. The van der Waals surface area contributed by atoms with Crippen LogP contribution in [0.5, 0.6) is 5.75 Å². The van der Waals surface area contributed by atoms with Crippen molar-refractivity contribution < 1.29 is 13.9 Å². The number of halogens is 1. The molecule has 0 radical (unpaired) electrons. The summed E-state index contributed by atoms with van der Waals surface area (Å²) in [5.41, 5.74) is 0.293. The molecule has 1 aliphatic carbocycles. The molecule has 1 heterocycles. The fourth-order valence-electron chi connectivity index (χ4n) is 3.58. The van der Waals surface area contributed by atoms with Crippen molar-refractivity contribution in [2.24, 2.45) is 5.92 Å². The summed E-state index contributed by atoms with van der Waals surface area (Å²) in [6.07, 6.45) is 13.2. The molecule has 5 heteroatoms. The number of aromatic nitrogens is 2. The monoisotopic (exact) mass is 368 g/mol. The second kappa shape index (κ2) is 9.40. The van der Waals surface area contributed by atoms with Gasteiger partial charge in [-0.1, -0.05) is 12.5 Å². The zero-order valence-corrected chi connectivity index (χ0v) is 15.4. The summed E-state index contributed by atoms with van der Waals surface area (Å²) in [7, 11) is 0. The van der Waals surface area contributed by atoms with Gasteiger partial charge in [0.05, 0.1) is 5.56 Å². The van der Waals surface area contributed by atoms with Gasteiger partial charge in [0, 0.05) is 18.3 Å². The second-order valence-electron chi connectivity index (χ2n) is 7.11. The third-order valence-corrected chi connectivity index (χ3v) is 5.16. The van der Waals surface area contributed by atoms with Crippen LogP contribution in [0, 0.1) is 11.7 Å². The zero-order chi connectivity index (χ0) is 19.1. The quantitative estimate of drug-likeness (QED) is 0.282. The molecule has 0 atom stereocenters. The van der Waals surface area contributed by atoms with Crippen molar-refractivity contribution in [1.82, 2.24) is 9.97 Å². The number of allylic oxidation sites excluding steroid dienone is 1. The normalized spacial score (nSPS) is 19.4. The van der Waals surface area contributed by atoms with Crippen LogP contribution in [0.1, 0.15) is 67.0 Å². The first kappa shape index (κ1) is 19.2. The van der Waals surface area contributed by atoms with Crippen molar-refractivity contribution in [3.63, 3.8) is 0 Å². The van der Waals surface area contributed by atoms with E-state index in [1.165, 1.54) is 62.3 Å². The minimum Gasteiger partial charge on any atom is -0.423 e. The van der Waals surface area contributed by atoms with E-state index < -0.39 is 5.97 Å². The fraction of sp³-hybridized carbons (Fsp3) is 0.409. The Morgan fingerprint density at radius 1 is 1.15 bits per heavy atom. The SMILES string of the molecule is C=CCCCC1CCC(c2ncc(C(=O)Oc3ccc(F)cc3)cn2)CC1. The van der Waals surface area contributed by atoms with Crippen molar-refractivity contribution in [2.45, 2.75) is 50.9 Å². The molecule has 0 bridgehead atoms. The van der Waals surface area contributed by atoms with Crippen molar-refractivity contribution in [3.8, 4) is 5.75 Å². The van der Waals surface area contributed by atoms with Crippen molar-refractivity contribution in [1.29, 1.82) is 0 Å². The summed E-state index contributed by atoms with van der Waals surface area (Å²) >= 11 is 0. The van der Waals surface area contributed by atoms with Crippen LogP contribution >= 0.6 is 0 Å². The van der Waals surface area contributed by atoms with Crippen LogP contribution in [-0.2, 0) is 0 Å². The Bertz CT molecular complexity index is 751. The minimum atomic E-state index is -0.543. The van der Waals surface area contributed by atoms with E-state index in [9.17, 15) is 9.18 Å². The third kappa shape index (κ3) is 5.46. The Kier molecular flexibility index (Phi) is 6.69. The van der Waals surface area contributed by atoms with Crippen molar-refractivity contribution >= 4 is 5.97 Å². The molecule has 1 fully saturated rings. The molecular weight excluding hydrogens is 343 g/mol. The van der Waals surface area contributed by atoms with Gasteiger partial charge in [0.25, 0.3) is 0 Å². The Morgan fingerprint density at radius 2 is 1.81 bits per heavy atom. The molecule has 3 rings (SSSR count). The lowest BCUT2D eigenvalue weighted by molar-refractivity contribution is 0.0733. The van der Waals surface area contributed by atoms with Crippen LogP contribution in [0.4, 0.5) is 4.39 Å². The number of esters is 1. The molecule has 0 aliphatic heterocycles. The highest BCUT2D eigenvalue weighted by atomic mass is 19.1. The molecule has 1 aromatic heterocycles. The van der Waals surface area contributed by atoms with E-state index in [0.29, 0.717) is 17.2 Å². The number of carbonyl (C=O) groups is 1. The number of rotatable bonds is 7. The molecule has 1 aromatic carbocycles. The number of ether oxygens (including phenoxy) is 1. The molecule has 2 aromatic rings. The molecule has 0 N–H and O–H groups in total. The molecule has 27 heavy (non-hydrogen) atoms. The van der Waals surface area contributed by atoms with Gasteiger partial charge in [-0.25, -0.2) is 19.2 Å². The summed E-state index contributed by atoms with van der Waals surface area (Å²) in [6.45, 7) is 3.78. The molecule has 1 saturated carbocycles. The Hall–Kier alpha value is -2.56. The summed E-state index contributed by atoms with van der Waals surface area (Å²) in [4.78, 5) is 20.9. The molecule has 0 amide bonds. The van der Waals surface area contributed by atoms with Gasteiger partial charge in [-0.05, 0) is 68.7 Å². The van der Waals surface area contributed by atoms with Crippen molar-refractivity contribution in [3.05, 3.63) is 66.5 Å². The van der Waals surface area contributed by atoms with Crippen LogP contribution in [0.25, 0.3) is 0 Å². The third-order valence-electron chi connectivity index (χ3n) is 5.16. The highest BCUT2D eigenvalue weighted by molar-refractivity contribution is 5.90. The molecule has 1 aliphatic rings. The average molecular weight is 368 g/mol. The van der Waals surface area contributed by atoms with Gasteiger partial charge in [-0.15, -0.1) is 6.58 Å². The number of benzene rings is 1. The van der Waals surface area contributed by atoms with Crippen LogP contribution in [0.2, 0.25) is 0 Å². The van der Waals surface area contributed by atoms with Crippen molar-refractivity contribution in [2.75, 3.05) is 0 Å². The van der Waals surface area contributed by atoms with Crippen LogP contribution in [0.15, 0.2) is 49.3 Å². The van der Waals surface area contributed by atoms with Gasteiger partial charge in [-0.3, -0.25) is 0 Å². The maximum absolute atomic E-state index is 12.9. The molecule has 142 valence electrons. The average Bonchev–Trinajstić information content (AvgIpc) is 2.70. The van der Waals surface area contributed by atoms with E-state index >= 15 is 0 Å². The fourth-order valence-corrected chi connectivity index (χ4v) is 3.58. The minimum absolute atomic E-state index is 0.292. The number of nitrogens with zero attached hydrogens (tertiary/aromatic N) is 2. The van der Waals surface area contributed by atoms with Gasteiger partial charge in [-0.2, -0.15) is 0 Å². The lowest BCUT2D eigenvalue weighted by Crippen LogP contribution is -2.16. The first-order valence-electron chi connectivity index (χ1n) is 9.56. The topological polar surface area (TPSA) is 52.1 Å². The van der Waals surface area contributed by atoms with Crippen LogP contribution in [0.3, 0.4) is 0 Å². The Morgan fingerprint density at radius 3 is 2.44 bits per heavy atom. The molecule has 0 unspecified atom stereocenters. The number of carbonyl (C=O) groups excluding carboxylic acids is 1. The van der Waals surface area contributed by atoms with Gasteiger partial charge in [0.1, 0.15) is 17.4 Å². The molecule has 0 saturated heterocycles. The Labute approximate surface area is 159 Å². The Balaban J connectivity index is 1.52. The van der Waals surface area contributed by atoms with E-state index in [0.717, 1.165) is 31.0 Å². The van der Waals surface area contributed by atoms with E-state index in [1.807, 2.05) is 6.08 Å². The number of unbranched alkanes of at least 4 members (excludes halogenated alkanes) is 1. The maximum Gasteiger partial charge on any atom is 0.346 e. The van der Waals surface area contributed by atoms with E-state index in [-0.39, 0.29) is 5.82 Å². The zero-order valence-electron chi connectivity index (χ0n) is 15.4. The highest BCUT2D eigenvalue weighted by Gasteiger charge is 2.24. The molecular formula is C22H25FN2O2. The summed E-state index contributed by atoms with van der Waals surface area (Å²) in [5, 5.41) is 0. The molecule has 0 spiro atoms.